The highest BCUT2D eigenvalue weighted by molar-refractivity contribution is 5.92. The summed E-state index contributed by atoms with van der Waals surface area (Å²) in [7, 11) is 1.80. The molecule has 3 heterocycles. The van der Waals surface area contributed by atoms with E-state index in [-0.39, 0.29) is 12.2 Å². The van der Waals surface area contributed by atoms with E-state index < -0.39 is 5.97 Å². The van der Waals surface area contributed by atoms with Crippen LogP contribution < -0.4 is 0 Å². The standard InChI is InChI=1S/C12H11N7O2/c1-18-7-14-15-9(18)6-19-11(8-2-4-13-5-3-8)10(12(20)21)16-17-19/h2-5,7H,6H2,1H3,(H,20,21). The number of rotatable bonds is 4. The largest absolute Gasteiger partial charge is 0.476 e. The van der Waals surface area contributed by atoms with Crippen LogP contribution >= 0.6 is 0 Å². The van der Waals surface area contributed by atoms with Crippen molar-refractivity contribution in [1.29, 1.82) is 0 Å². The molecule has 0 amide bonds. The lowest BCUT2D eigenvalue weighted by molar-refractivity contribution is 0.0691. The fourth-order valence-corrected chi connectivity index (χ4v) is 1.95. The number of nitrogens with zero attached hydrogens (tertiary/aromatic N) is 7. The van der Waals surface area contributed by atoms with Gasteiger partial charge >= 0.3 is 5.97 Å². The second-order valence-electron chi connectivity index (χ2n) is 4.34. The molecular formula is C12H11N7O2. The van der Waals surface area contributed by atoms with Crippen LogP contribution in [0.25, 0.3) is 11.3 Å². The highest BCUT2D eigenvalue weighted by Gasteiger charge is 2.21. The average molecular weight is 285 g/mol. The zero-order valence-corrected chi connectivity index (χ0v) is 11.1. The monoisotopic (exact) mass is 285 g/mol. The van der Waals surface area contributed by atoms with Crippen LogP contribution in [0.4, 0.5) is 0 Å². The van der Waals surface area contributed by atoms with E-state index in [1.54, 1.807) is 42.5 Å². The van der Waals surface area contributed by atoms with Gasteiger partial charge in [0, 0.05) is 25.0 Å². The first kappa shape index (κ1) is 12.9. The van der Waals surface area contributed by atoms with Crippen molar-refractivity contribution in [3.63, 3.8) is 0 Å². The van der Waals surface area contributed by atoms with Crippen molar-refractivity contribution in [3.05, 3.63) is 42.4 Å². The maximum Gasteiger partial charge on any atom is 0.358 e. The molecule has 0 unspecified atom stereocenters. The molecule has 9 nitrogen and oxygen atoms in total. The van der Waals surface area contributed by atoms with Crippen molar-refractivity contribution in [2.24, 2.45) is 7.05 Å². The van der Waals surface area contributed by atoms with Crippen molar-refractivity contribution in [1.82, 2.24) is 34.7 Å². The first-order valence-electron chi connectivity index (χ1n) is 6.07. The normalized spacial score (nSPS) is 10.7. The minimum Gasteiger partial charge on any atom is -0.476 e. The van der Waals surface area contributed by atoms with Gasteiger partial charge in [0.25, 0.3) is 0 Å². The number of carbonyl (C=O) groups is 1. The van der Waals surface area contributed by atoms with E-state index in [0.717, 1.165) is 0 Å². The molecular weight excluding hydrogens is 274 g/mol. The van der Waals surface area contributed by atoms with Gasteiger partial charge in [0.05, 0.1) is 0 Å². The molecule has 9 heteroatoms. The summed E-state index contributed by atoms with van der Waals surface area (Å²) in [6, 6.07) is 3.41. The minimum absolute atomic E-state index is 0.108. The lowest BCUT2D eigenvalue weighted by Gasteiger charge is -2.06. The van der Waals surface area contributed by atoms with Crippen LogP contribution in [0.5, 0.6) is 0 Å². The summed E-state index contributed by atoms with van der Waals surface area (Å²) in [5.74, 6) is -0.488. The van der Waals surface area contributed by atoms with Gasteiger partial charge in [-0.15, -0.1) is 15.3 Å². The van der Waals surface area contributed by atoms with Crippen LogP contribution in [-0.4, -0.2) is 45.8 Å². The molecule has 0 aliphatic rings. The van der Waals surface area contributed by atoms with Gasteiger partial charge in [0.1, 0.15) is 18.6 Å². The molecule has 0 bridgehead atoms. The molecule has 0 aliphatic heterocycles. The fourth-order valence-electron chi connectivity index (χ4n) is 1.95. The van der Waals surface area contributed by atoms with Crippen LogP contribution in [0.1, 0.15) is 16.3 Å². The van der Waals surface area contributed by atoms with E-state index in [1.165, 1.54) is 4.68 Å². The SMILES string of the molecule is Cn1cnnc1Cn1nnc(C(=O)O)c1-c1ccncc1. The van der Waals surface area contributed by atoms with Crippen LogP contribution in [0.3, 0.4) is 0 Å². The molecule has 0 aliphatic carbocycles. The number of pyridine rings is 1. The molecule has 1 N–H and O–H groups in total. The number of aryl methyl sites for hydroxylation is 1. The Bertz CT molecular complexity index is 778. The van der Waals surface area contributed by atoms with Gasteiger partial charge in [-0.05, 0) is 12.1 Å². The van der Waals surface area contributed by atoms with E-state index in [4.69, 9.17) is 0 Å². The molecule has 0 saturated carbocycles. The highest BCUT2D eigenvalue weighted by Crippen LogP contribution is 2.22. The second-order valence-corrected chi connectivity index (χ2v) is 4.34. The van der Waals surface area contributed by atoms with E-state index >= 15 is 0 Å². The first-order valence-corrected chi connectivity index (χ1v) is 6.07. The van der Waals surface area contributed by atoms with Gasteiger partial charge in [-0.2, -0.15) is 0 Å². The van der Waals surface area contributed by atoms with E-state index in [0.29, 0.717) is 17.1 Å². The van der Waals surface area contributed by atoms with Crippen molar-refractivity contribution >= 4 is 5.97 Å². The van der Waals surface area contributed by atoms with Gasteiger partial charge < -0.3 is 9.67 Å². The van der Waals surface area contributed by atoms with Crippen LogP contribution in [0, 0.1) is 0 Å². The van der Waals surface area contributed by atoms with E-state index in [9.17, 15) is 9.90 Å². The quantitative estimate of drug-likeness (QED) is 0.729. The smallest absolute Gasteiger partial charge is 0.358 e. The third kappa shape index (κ3) is 2.36. The second kappa shape index (κ2) is 5.12. The summed E-state index contributed by atoms with van der Waals surface area (Å²) >= 11 is 0. The first-order chi connectivity index (χ1) is 10.2. The highest BCUT2D eigenvalue weighted by atomic mass is 16.4. The predicted molar refractivity (Wildman–Crippen MR) is 70.3 cm³/mol. The molecule has 0 aromatic carbocycles. The Kier molecular flexibility index (Phi) is 3.14. The molecule has 3 aromatic heterocycles. The Morgan fingerprint density at radius 2 is 2.05 bits per heavy atom. The Balaban J connectivity index is 2.09. The summed E-state index contributed by atoms with van der Waals surface area (Å²) in [5, 5.41) is 24.7. The van der Waals surface area contributed by atoms with Gasteiger partial charge in [0.2, 0.25) is 0 Å². The third-order valence-corrected chi connectivity index (χ3v) is 2.99. The molecule has 0 fully saturated rings. The number of carboxylic acid groups (broad SMARTS) is 1. The van der Waals surface area contributed by atoms with Crippen LogP contribution in [-0.2, 0) is 13.6 Å². The summed E-state index contributed by atoms with van der Waals surface area (Å²) in [4.78, 5) is 15.2. The Morgan fingerprint density at radius 3 is 2.67 bits per heavy atom. The summed E-state index contributed by atoms with van der Waals surface area (Å²) in [5.41, 5.74) is 0.978. The Hall–Kier alpha value is -3.10. The molecule has 0 saturated heterocycles. The molecule has 106 valence electrons. The van der Waals surface area contributed by atoms with Gasteiger partial charge in [-0.1, -0.05) is 5.21 Å². The van der Waals surface area contributed by atoms with E-state index in [1.807, 2.05) is 0 Å². The number of hydrogen-bond donors (Lipinski definition) is 1. The Labute approximate surface area is 118 Å². The molecule has 3 aromatic rings. The van der Waals surface area contributed by atoms with Crippen molar-refractivity contribution in [3.8, 4) is 11.3 Å². The van der Waals surface area contributed by atoms with Crippen molar-refractivity contribution in [2.45, 2.75) is 6.54 Å². The molecule has 0 spiro atoms. The number of aromatic nitrogens is 7. The topological polar surface area (TPSA) is 112 Å². The van der Waals surface area contributed by atoms with Crippen molar-refractivity contribution in [2.75, 3.05) is 0 Å². The van der Waals surface area contributed by atoms with Gasteiger partial charge in [-0.25, -0.2) is 9.48 Å². The zero-order valence-electron chi connectivity index (χ0n) is 11.1. The van der Waals surface area contributed by atoms with Crippen molar-refractivity contribution < 1.29 is 9.90 Å². The maximum atomic E-state index is 11.3. The minimum atomic E-state index is -1.13. The molecule has 0 atom stereocenters. The molecule has 0 radical (unpaired) electrons. The van der Waals surface area contributed by atoms with E-state index in [2.05, 4.69) is 25.5 Å². The zero-order chi connectivity index (χ0) is 14.8. The Morgan fingerprint density at radius 1 is 1.29 bits per heavy atom. The molecule has 21 heavy (non-hydrogen) atoms. The number of carboxylic acids is 1. The van der Waals surface area contributed by atoms with Crippen LogP contribution in [0.2, 0.25) is 0 Å². The summed E-state index contributed by atoms with van der Waals surface area (Å²) < 4.78 is 3.22. The van der Waals surface area contributed by atoms with Crippen LogP contribution in [0.15, 0.2) is 30.9 Å². The van der Waals surface area contributed by atoms with Gasteiger partial charge in [0.15, 0.2) is 11.5 Å². The maximum absolute atomic E-state index is 11.3. The number of aromatic carboxylic acids is 1. The summed E-state index contributed by atoms with van der Waals surface area (Å²) in [6.45, 7) is 0.272. The predicted octanol–water partition coefficient (Wildman–Crippen LogP) is 0.215. The number of hydrogen-bond acceptors (Lipinski definition) is 6. The lowest BCUT2D eigenvalue weighted by atomic mass is 10.1. The average Bonchev–Trinajstić information content (AvgIpc) is 3.07. The third-order valence-electron chi connectivity index (χ3n) is 2.99. The van der Waals surface area contributed by atoms with Gasteiger partial charge in [-0.3, -0.25) is 4.98 Å². The lowest BCUT2D eigenvalue weighted by Crippen LogP contribution is -2.09. The molecule has 3 rings (SSSR count). The fraction of sp³-hybridized carbons (Fsp3) is 0.167. The summed E-state index contributed by atoms with van der Waals surface area (Å²) in [6.07, 6.45) is 4.73.